The number of aliphatic carboxylic acids is 1. The minimum atomic E-state index is -2.05. The quantitative estimate of drug-likeness (QED) is 0.122. The Morgan fingerprint density at radius 1 is 0.984 bits per heavy atom. The summed E-state index contributed by atoms with van der Waals surface area (Å²) in [5, 5.41) is 46.4. The van der Waals surface area contributed by atoms with E-state index in [4.69, 9.17) is 37.9 Å². The SMILES string of the molecule is CCC1OC(=O)C=CC(C)C(OC2OC(C)CC(N(C)C)C2O)C(C)CC(C)C(=O)CC(SCC(NC(C)=O)C(=O)O)C2OC2C1(O)COC1OC(C)C(O)C(OC)C1OC. The van der Waals surface area contributed by atoms with E-state index in [9.17, 15) is 39.6 Å². The molecule has 0 bridgehead atoms. The molecule has 0 radical (unpaired) electrons. The van der Waals surface area contributed by atoms with Crippen molar-refractivity contribution < 1.29 is 77.5 Å². The van der Waals surface area contributed by atoms with E-state index in [1.165, 1.54) is 27.2 Å². The second kappa shape index (κ2) is 22.6. The highest BCUT2D eigenvalue weighted by Gasteiger charge is 2.62. The van der Waals surface area contributed by atoms with Gasteiger partial charge >= 0.3 is 11.9 Å². The van der Waals surface area contributed by atoms with Crippen LogP contribution in [0.3, 0.4) is 0 Å². The average Bonchev–Trinajstić information content (AvgIpc) is 4.01. The number of hydrogen-bond donors (Lipinski definition) is 5. The maximum Gasteiger partial charge on any atom is 0.330 e. The zero-order valence-electron chi connectivity index (χ0n) is 37.3. The van der Waals surface area contributed by atoms with Crippen LogP contribution in [0.4, 0.5) is 0 Å². The fraction of sp³-hybridized carbons (Fsp3) is 0.857. The van der Waals surface area contributed by atoms with Gasteiger partial charge in [0.1, 0.15) is 48.4 Å². The molecule has 61 heavy (non-hydrogen) atoms. The van der Waals surface area contributed by atoms with Crippen molar-refractivity contribution in [2.75, 3.05) is 40.7 Å². The van der Waals surface area contributed by atoms with E-state index in [2.05, 4.69) is 5.32 Å². The first-order chi connectivity index (χ1) is 28.7. The van der Waals surface area contributed by atoms with Gasteiger partial charge < -0.3 is 68.5 Å². The number of methoxy groups -OCH3 is 2. The van der Waals surface area contributed by atoms with Crippen LogP contribution in [-0.4, -0.2) is 186 Å². The average molecular weight is 891 g/mol. The molecule has 4 rings (SSSR count). The fourth-order valence-electron chi connectivity index (χ4n) is 8.80. The number of ketones is 1. The van der Waals surface area contributed by atoms with Gasteiger partial charge in [0.15, 0.2) is 18.2 Å². The van der Waals surface area contributed by atoms with Crippen molar-refractivity contribution in [2.24, 2.45) is 17.8 Å². The summed E-state index contributed by atoms with van der Waals surface area (Å²) in [4.78, 5) is 53.9. The van der Waals surface area contributed by atoms with Crippen LogP contribution in [-0.2, 0) is 57.1 Å². The van der Waals surface area contributed by atoms with Crippen molar-refractivity contribution in [1.29, 1.82) is 0 Å². The molecule has 19 unspecified atom stereocenters. The first-order valence-corrected chi connectivity index (χ1v) is 22.3. The van der Waals surface area contributed by atoms with E-state index < -0.39 is 121 Å². The molecular weight excluding hydrogens is 821 g/mol. The van der Waals surface area contributed by atoms with E-state index in [0.29, 0.717) is 12.8 Å². The number of ether oxygens (including phenoxy) is 8. The number of nitrogens with zero attached hydrogens (tertiary/aromatic N) is 1. The first-order valence-electron chi connectivity index (χ1n) is 21.2. The van der Waals surface area contributed by atoms with Gasteiger partial charge in [-0.05, 0) is 53.1 Å². The molecule has 0 aromatic rings. The summed E-state index contributed by atoms with van der Waals surface area (Å²) in [6, 6.07) is -1.51. The van der Waals surface area contributed by atoms with Crippen molar-refractivity contribution in [1.82, 2.24) is 10.2 Å². The van der Waals surface area contributed by atoms with E-state index >= 15 is 0 Å². The van der Waals surface area contributed by atoms with Gasteiger partial charge in [0.25, 0.3) is 0 Å². The standard InChI is InChI=1S/C42H70N2O16S/c1-12-30-42(52,19-55-41-37(54-11)36(53-10)32(48)24(6)57-41)38-35(59-38)29(61-18-26(39(50)51)43-25(7)45)17-28(46)21(3)15-22(4)34(20(2)13-14-31(47)58-30)60-40-33(49)27(44(8)9)16-23(5)56-40/h13-14,20-24,26-27,29-30,32-38,40-41,48-49,52H,12,15-19H2,1-11H3,(H,43,45)(H,50,51). The predicted molar refractivity (Wildman–Crippen MR) is 221 cm³/mol. The molecule has 1 amide bonds. The number of aliphatic hydroxyl groups is 3. The summed E-state index contributed by atoms with van der Waals surface area (Å²) in [5.41, 5.74) is -2.05. The molecule has 3 saturated heterocycles. The number of hydrogen-bond acceptors (Lipinski definition) is 17. The second-order valence-corrected chi connectivity index (χ2v) is 18.7. The molecule has 0 aliphatic carbocycles. The van der Waals surface area contributed by atoms with Crippen LogP contribution in [0.1, 0.15) is 74.1 Å². The lowest BCUT2D eigenvalue weighted by atomic mass is 9.83. The number of epoxide rings is 1. The number of Topliss-reactive ketones (excluding diaryl/α,β-unsaturated/α-hetero) is 1. The third kappa shape index (κ3) is 12.9. The number of carbonyl (C=O) groups is 4. The normalized spacial score (nSPS) is 42.0. The van der Waals surface area contributed by atoms with Crippen molar-refractivity contribution >= 4 is 35.4 Å². The van der Waals surface area contributed by atoms with Crippen LogP contribution < -0.4 is 5.32 Å². The first kappa shape index (κ1) is 51.4. The van der Waals surface area contributed by atoms with E-state index in [0.717, 1.165) is 11.8 Å². The summed E-state index contributed by atoms with van der Waals surface area (Å²) in [6.07, 6.45) is -6.82. The van der Waals surface area contributed by atoms with Crippen LogP contribution in [0.25, 0.3) is 0 Å². The van der Waals surface area contributed by atoms with E-state index in [-0.39, 0.29) is 42.4 Å². The molecule has 19 atom stereocenters. The number of rotatable bonds is 14. The highest BCUT2D eigenvalue weighted by molar-refractivity contribution is 8.00. The Bertz CT molecular complexity index is 1510. The molecule has 0 saturated carbocycles. The number of fused-ring (bicyclic) bond motifs is 1. The lowest BCUT2D eigenvalue weighted by molar-refractivity contribution is -0.313. The molecular formula is C42H70N2O16S. The van der Waals surface area contributed by atoms with Gasteiger partial charge in [-0.2, -0.15) is 11.8 Å². The second-order valence-electron chi connectivity index (χ2n) is 17.4. The van der Waals surface area contributed by atoms with Crippen LogP contribution in [0.5, 0.6) is 0 Å². The van der Waals surface area contributed by atoms with Crippen molar-refractivity contribution in [3.8, 4) is 0 Å². The lowest BCUT2D eigenvalue weighted by Gasteiger charge is -2.43. The number of carboxylic acids is 1. The molecule has 4 aliphatic rings. The van der Waals surface area contributed by atoms with Crippen LogP contribution in [0.2, 0.25) is 0 Å². The van der Waals surface area contributed by atoms with Gasteiger partial charge in [-0.25, -0.2) is 9.59 Å². The Morgan fingerprint density at radius 2 is 1.66 bits per heavy atom. The Morgan fingerprint density at radius 3 is 2.25 bits per heavy atom. The molecule has 0 aromatic heterocycles. The third-order valence-corrected chi connectivity index (χ3v) is 13.8. The van der Waals surface area contributed by atoms with Gasteiger partial charge in [0.2, 0.25) is 5.91 Å². The number of aliphatic hydroxyl groups excluding tert-OH is 2. The van der Waals surface area contributed by atoms with Gasteiger partial charge in [-0.15, -0.1) is 0 Å². The van der Waals surface area contributed by atoms with Gasteiger partial charge in [0, 0.05) is 62.5 Å². The van der Waals surface area contributed by atoms with Gasteiger partial charge in [-0.3, -0.25) is 9.59 Å². The molecule has 19 heteroatoms. The van der Waals surface area contributed by atoms with Crippen LogP contribution >= 0.6 is 11.8 Å². The lowest BCUT2D eigenvalue weighted by Crippen LogP contribution is -2.61. The Balaban J connectivity index is 1.72. The number of carboxylic acid groups (broad SMARTS) is 1. The molecule has 4 heterocycles. The number of cyclic esters (lactones) is 1. The maximum absolute atomic E-state index is 14.2. The highest BCUT2D eigenvalue weighted by Crippen LogP contribution is 2.45. The monoisotopic (exact) mass is 890 g/mol. The topological polar surface area (TPSA) is 242 Å². The summed E-state index contributed by atoms with van der Waals surface area (Å²) in [6.45, 7) is 11.6. The minimum absolute atomic E-state index is 0.0878. The number of thioether (sulfide) groups is 1. The van der Waals surface area contributed by atoms with Crippen molar-refractivity contribution in [2.45, 2.75) is 171 Å². The molecule has 0 spiro atoms. The Kier molecular flexibility index (Phi) is 19.0. The van der Waals surface area contributed by atoms with Crippen molar-refractivity contribution in [3.05, 3.63) is 12.2 Å². The molecule has 4 aliphatic heterocycles. The number of carbonyl (C=O) groups excluding carboxylic acids is 3. The Hall–Kier alpha value is -2.27. The van der Waals surface area contributed by atoms with Crippen LogP contribution in [0.15, 0.2) is 12.2 Å². The van der Waals surface area contributed by atoms with Crippen LogP contribution in [0, 0.1) is 17.8 Å². The van der Waals surface area contributed by atoms with Gasteiger partial charge in [-0.1, -0.05) is 33.8 Å². The van der Waals surface area contributed by atoms with E-state index in [1.807, 2.05) is 39.8 Å². The summed E-state index contributed by atoms with van der Waals surface area (Å²) in [5.74, 6) is -4.11. The highest BCUT2D eigenvalue weighted by atomic mass is 32.2. The molecule has 0 aromatic carbocycles. The zero-order chi connectivity index (χ0) is 45.5. The number of esters is 1. The smallest absolute Gasteiger partial charge is 0.330 e. The van der Waals surface area contributed by atoms with Crippen molar-refractivity contribution in [3.63, 3.8) is 0 Å². The zero-order valence-corrected chi connectivity index (χ0v) is 38.1. The maximum atomic E-state index is 14.2. The van der Waals surface area contributed by atoms with E-state index in [1.54, 1.807) is 26.8 Å². The predicted octanol–water partition coefficient (Wildman–Crippen LogP) is 1.29. The summed E-state index contributed by atoms with van der Waals surface area (Å²) < 4.78 is 48.2. The number of likely N-dealkylation sites (N-methyl/N-ethyl adjacent to an activating group) is 1. The fourth-order valence-corrected chi connectivity index (χ4v) is 10.1. The summed E-state index contributed by atoms with van der Waals surface area (Å²) in [7, 11) is 6.57. The molecule has 18 nitrogen and oxygen atoms in total. The molecule has 350 valence electrons. The number of nitrogens with one attached hydrogen (secondary N) is 1. The summed E-state index contributed by atoms with van der Waals surface area (Å²) >= 11 is 1.12. The number of amides is 1. The third-order valence-electron chi connectivity index (χ3n) is 12.4. The molecule has 3 fully saturated rings. The minimum Gasteiger partial charge on any atom is -0.480 e. The molecule has 5 N–H and O–H groups in total. The Labute approximate surface area is 363 Å². The largest absolute Gasteiger partial charge is 0.480 e. The van der Waals surface area contributed by atoms with Gasteiger partial charge in [0.05, 0.1) is 31.0 Å².